The molecule has 0 bridgehead atoms. The highest BCUT2D eigenvalue weighted by molar-refractivity contribution is 5.97. The second kappa shape index (κ2) is 10.6. The monoisotopic (exact) mass is 466 g/mol. The molecule has 0 spiro atoms. The average Bonchev–Trinajstić information content (AvgIpc) is 3.28. The third-order valence-corrected chi connectivity index (χ3v) is 5.94. The molecule has 1 aliphatic heterocycles. The maximum Gasteiger partial charge on any atom is 0.262 e. The van der Waals surface area contributed by atoms with Gasteiger partial charge >= 0.3 is 0 Å². The van der Waals surface area contributed by atoms with Gasteiger partial charge in [0.25, 0.3) is 11.8 Å². The van der Waals surface area contributed by atoms with E-state index in [1.54, 1.807) is 24.3 Å². The number of benzene rings is 2. The predicted molar refractivity (Wildman–Crippen MR) is 136 cm³/mol. The Morgan fingerprint density at radius 1 is 1.03 bits per heavy atom. The molecule has 184 valence electrons. The van der Waals surface area contributed by atoms with E-state index in [4.69, 9.17) is 9.47 Å². The van der Waals surface area contributed by atoms with E-state index in [0.29, 0.717) is 23.5 Å². The van der Waals surface area contributed by atoms with Crippen molar-refractivity contribution in [3.8, 4) is 5.75 Å². The lowest BCUT2D eigenvalue weighted by atomic mass is 9.80. The zero-order valence-electron chi connectivity index (χ0n) is 21.3. The molecule has 6 nitrogen and oxygen atoms in total. The number of amides is 2. The van der Waals surface area contributed by atoms with E-state index in [1.165, 1.54) is 5.56 Å². The lowest BCUT2D eigenvalue weighted by Crippen LogP contribution is -2.31. The van der Waals surface area contributed by atoms with E-state index in [2.05, 4.69) is 64.3 Å². The molecule has 1 atom stereocenters. The molecular formula is C28H38N2O4. The number of ether oxygens (including phenoxy) is 2. The average molecular weight is 467 g/mol. The van der Waals surface area contributed by atoms with Gasteiger partial charge in [0.2, 0.25) is 0 Å². The Morgan fingerprint density at radius 3 is 2.44 bits per heavy atom. The number of carbonyl (C=O) groups is 2. The number of carbonyl (C=O) groups excluding carboxylic acids is 2. The Labute approximate surface area is 203 Å². The van der Waals surface area contributed by atoms with Gasteiger partial charge < -0.3 is 20.1 Å². The van der Waals surface area contributed by atoms with Crippen LogP contribution in [-0.4, -0.2) is 37.7 Å². The fourth-order valence-corrected chi connectivity index (χ4v) is 3.90. The Hall–Kier alpha value is -2.86. The molecule has 0 aliphatic carbocycles. The van der Waals surface area contributed by atoms with Gasteiger partial charge in [-0.05, 0) is 59.1 Å². The van der Waals surface area contributed by atoms with Crippen molar-refractivity contribution in [2.24, 2.45) is 0 Å². The van der Waals surface area contributed by atoms with Gasteiger partial charge in [0.05, 0.1) is 6.10 Å². The van der Waals surface area contributed by atoms with Gasteiger partial charge in [-0.3, -0.25) is 9.59 Å². The molecule has 2 N–H and O–H groups in total. The fraction of sp³-hybridized carbons (Fsp3) is 0.500. The number of anilines is 1. The van der Waals surface area contributed by atoms with Gasteiger partial charge in [0.1, 0.15) is 5.75 Å². The molecule has 2 aromatic rings. The Balaban J connectivity index is 1.61. The molecule has 6 heteroatoms. The lowest BCUT2D eigenvalue weighted by Gasteiger charge is -2.27. The highest BCUT2D eigenvalue weighted by atomic mass is 16.5. The normalized spacial score (nSPS) is 16.2. The molecule has 3 rings (SSSR count). The van der Waals surface area contributed by atoms with Crippen molar-refractivity contribution >= 4 is 17.5 Å². The van der Waals surface area contributed by atoms with Crippen molar-refractivity contribution in [3.63, 3.8) is 0 Å². The van der Waals surface area contributed by atoms with Gasteiger partial charge in [-0.2, -0.15) is 0 Å². The van der Waals surface area contributed by atoms with Gasteiger partial charge in [-0.1, -0.05) is 59.7 Å². The van der Waals surface area contributed by atoms with Crippen LogP contribution in [0.5, 0.6) is 5.75 Å². The summed E-state index contributed by atoms with van der Waals surface area (Å²) in [6.07, 6.45) is 2.08. The van der Waals surface area contributed by atoms with E-state index in [9.17, 15) is 9.59 Å². The minimum atomic E-state index is -0.281. The molecule has 1 saturated heterocycles. The van der Waals surface area contributed by atoms with E-state index in [1.807, 2.05) is 6.07 Å². The molecule has 1 unspecified atom stereocenters. The molecule has 2 amide bonds. The van der Waals surface area contributed by atoms with Crippen LogP contribution >= 0.6 is 0 Å². The van der Waals surface area contributed by atoms with Crippen LogP contribution < -0.4 is 15.4 Å². The molecule has 1 aliphatic rings. The van der Waals surface area contributed by atoms with Gasteiger partial charge in [0, 0.05) is 24.4 Å². The van der Waals surface area contributed by atoms with E-state index in [-0.39, 0.29) is 35.4 Å². The summed E-state index contributed by atoms with van der Waals surface area (Å²) in [5.41, 5.74) is 3.23. The summed E-state index contributed by atoms with van der Waals surface area (Å²) in [5, 5.41) is 5.73. The summed E-state index contributed by atoms with van der Waals surface area (Å²) in [6, 6.07) is 13.1. The summed E-state index contributed by atoms with van der Waals surface area (Å²) in [6.45, 7) is 14.1. The highest BCUT2D eigenvalue weighted by Gasteiger charge is 2.23. The van der Waals surface area contributed by atoms with Gasteiger partial charge in [-0.15, -0.1) is 0 Å². The second-order valence-electron chi connectivity index (χ2n) is 11.0. The molecule has 1 fully saturated rings. The summed E-state index contributed by atoms with van der Waals surface area (Å²) in [7, 11) is 0. The summed E-state index contributed by atoms with van der Waals surface area (Å²) >= 11 is 0. The van der Waals surface area contributed by atoms with E-state index < -0.39 is 0 Å². The Kier molecular flexibility index (Phi) is 8.03. The molecule has 2 aromatic carbocycles. The first-order valence-corrected chi connectivity index (χ1v) is 12.0. The quantitative estimate of drug-likeness (QED) is 0.587. The first-order valence-electron chi connectivity index (χ1n) is 12.0. The molecule has 0 saturated carbocycles. The number of hydrogen-bond acceptors (Lipinski definition) is 4. The zero-order chi connectivity index (χ0) is 24.9. The van der Waals surface area contributed by atoms with Crippen molar-refractivity contribution in [2.45, 2.75) is 71.3 Å². The van der Waals surface area contributed by atoms with Crippen LogP contribution in [0.25, 0.3) is 0 Å². The minimum absolute atomic E-state index is 0.0251. The largest absolute Gasteiger partial charge is 0.483 e. The van der Waals surface area contributed by atoms with Gasteiger partial charge in [0.15, 0.2) is 6.61 Å². The van der Waals surface area contributed by atoms with Crippen LogP contribution in [0, 0.1) is 0 Å². The number of hydrogen-bond donors (Lipinski definition) is 2. The smallest absolute Gasteiger partial charge is 0.262 e. The second-order valence-corrected chi connectivity index (χ2v) is 11.0. The first kappa shape index (κ1) is 25.8. The SMILES string of the molecule is CC(C)(C)c1ccc(OCC(=O)Nc2cccc(C(=O)NCC3CCCO3)c2)c(C(C)(C)C)c1. The number of rotatable bonds is 7. The fourth-order valence-electron chi connectivity index (χ4n) is 3.90. The maximum atomic E-state index is 12.6. The lowest BCUT2D eigenvalue weighted by molar-refractivity contribution is -0.118. The third-order valence-electron chi connectivity index (χ3n) is 5.94. The predicted octanol–water partition coefficient (Wildman–Crippen LogP) is 5.21. The maximum absolute atomic E-state index is 12.6. The van der Waals surface area contributed by atoms with Crippen LogP contribution in [0.15, 0.2) is 42.5 Å². The van der Waals surface area contributed by atoms with Crippen LogP contribution in [-0.2, 0) is 20.4 Å². The van der Waals surface area contributed by atoms with E-state index >= 15 is 0 Å². The van der Waals surface area contributed by atoms with Crippen molar-refractivity contribution in [1.82, 2.24) is 5.32 Å². The zero-order valence-corrected chi connectivity index (χ0v) is 21.3. The summed E-state index contributed by atoms with van der Waals surface area (Å²) in [5.74, 6) is 0.242. The van der Waals surface area contributed by atoms with Crippen molar-refractivity contribution in [2.75, 3.05) is 25.1 Å². The molecule has 1 heterocycles. The molecular weight excluding hydrogens is 428 g/mol. The Bertz CT molecular complexity index is 1010. The molecule has 34 heavy (non-hydrogen) atoms. The topological polar surface area (TPSA) is 76.7 Å². The first-order chi connectivity index (χ1) is 15.9. The van der Waals surface area contributed by atoms with Gasteiger partial charge in [-0.25, -0.2) is 0 Å². The van der Waals surface area contributed by atoms with Crippen molar-refractivity contribution < 1.29 is 19.1 Å². The minimum Gasteiger partial charge on any atom is -0.483 e. The van der Waals surface area contributed by atoms with Crippen LogP contribution in [0.4, 0.5) is 5.69 Å². The van der Waals surface area contributed by atoms with E-state index in [0.717, 1.165) is 25.0 Å². The van der Waals surface area contributed by atoms with Crippen LogP contribution in [0.2, 0.25) is 0 Å². The van der Waals surface area contributed by atoms with Crippen LogP contribution in [0.3, 0.4) is 0 Å². The standard InChI is InChI=1S/C28H38N2O4/c1-27(2,3)20-12-13-24(23(16-20)28(4,5)6)34-18-25(31)30-21-10-7-9-19(15-21)26(32)29-17-22-11-8-14-33-22/h7,9-10,12-13,15-16,22H,8,11,14,17-18H2,1-6H3,(H,29,32)(H,30,31). The number of nitrogens with one attached hydrogen (secondary N) is 2. The summed E-state index contributed by atoms with van der Waals surface area (Å²) < 4.78 is 11.5. The highest BCUT2D eigenvalue weighted by Crippen LogP contribution is 2.35. The third kappa shape index (κ3) is 7.07. The van der Waals surface area contributed by atoms with Crippen LogP contribution in [0.1, 0.15) is 75.9 Å². The molecule has 0 radical (unpaired) electrons. The van der Waals surface area contributed by atoms with Crippen molar-refractivity contribution in [3.05, 3.63) is 59.2 Å². The summed E-state index contributed by atoms with van der Waals surface area (Å²) in [4.78, 5) is 25.1. The Morgan fingerprint density at radius 2 is 1.79 bits per heavy atom. The molecule has 0 aromatic heterocycles. The van der Waals surface area contributed by atoms with Crippen molar-refractivity contribution in [1.29, 1.82) is 0 Å².